The van der Waals surface area contributed by atoms with Gasteiger partial charge in [0.15, 0.2) is 0 Å². The second kappa shape index (κ2) is 9.24. The van der Waals surface area contributed by atoms with Crippen LogP contribution in [-0.4, -0.2) is 26.7 Å². The van der Waals surface area contributed by atoms with Crippen LogP contribution in [0, 0.1) is 0 Å². The van der Waals surface area contributed by atoms with Crippen LogP contribution < -0.4 is 10.0 Å². The lowest BCUT2D eigenvalue weighted by Crippen LogP contribution is -2.16. The van der Waals surface area contributed by atoms with Gasteiger partial charge in [-0.05, 0) is 49.7 Å². The van der Waals surface area contributed by atoms with E-state index in [2.05, 4.69) is 10.0 Å². The van der Waals surface area contributed by atoms with Crippen molar-refractivity contribution in [2.45, 2.75) is 26.7 Å². The quantitative estimate of drug-likeness (QED) is 0.642. The van der Waals surface area contributed by atoms with Crippen molar-refractivity contribution in [3.8, 4) is 0 Å². The van der Waals surface area contributed by atoms with Crippen molar-refractivity contribution >= 4 is 33.1 Å². The van der Waals surface area contributed by atoms with Crippen molar-refractivity contribution < 1.29 is 17.9 Å². The monoisotopic (exact) mass is 376 g/mol. The van der Waals surface area contributed by atoms with E-state index < -0.39 is 16.0 Å². The van der Waals surface area contributed by atoms with Crippen LogP contribution in [0.3, 0.4) is 0 Å². The minimum absolute atomic E-state index is 0.108. The number of rotatable bonds is 9. The Kier molecular flexibility index (Phi) is 7.03. The number of carbonyl (C=O) groups excluding carboxylic acids is 1. The van der Waals surface area contributed by atoms with Crippen molar-refractivity contribution in [1.29, 1.82) is 0 Å². The van der Waals surface area contributed by atoms with Gasteiger partial charge in [-0.25, -0.2) is 13.2 Å². The van der Waals surface area contributed by atoms with Gasteiger partial charge in [0.05, 0.1) is 23.6 Å². The summed E-state index contributed by atoms with van der Waals surface area (Å²) >= 11 is 0. The fourth-order valence-corrected chi connectivity index (χ4v) is 3.59. The van der Waals surface area contributed by atoms with Crippen LogP contribution in [0.25, 0.3) is 0 Å². The predicted molar refractivity (Wildman–Crippen MR) is 104 cm³/mol. The third kappa shape index (κ3) is 5.77. The highest BCUT2D eigenvalue weighted by molar-refractivity contribution is 7.92. The summed E-state index contributed by atoms with van der Waals surface area (Å²) in [6.45, 7) is 4.01. The molecule has 2 aromatic rings. The van der Waals surface area contributed by atoms with Gasteiger partial charge in [-0.15, -0.1) is 0 Å². The standard InChI is InChI=1S/C19H24N2O4S/c1-3-5-14-26(23,24)21-16-12-10-15(11-13-16)20-18-9-7-6-8-17(18)19(22)25-4-2/h6-13,20-21H,3-5,14H2,1-2H3. The maximum Gasteiger partial charge on any atom is 0.340 e. The molecule has 0 aliphatic rings. The van der Waals surface area contributed by atoms with Gasteiger partial charge in [0.25, 0.3) is 0 Å². The molecule has 2 aromatic carbocycles. The number of anilines is 3. The summed E-state index contributed by atoms with van der Waals surface area (Å²) in [7, 11) is -3.32. The molecule has 0 aliphatic carbocycles. The predicted octanol–water partition coefficient (Wildman–Crippen LogP) is 4.15. The van der Waals surface area contributed by atoms with E-state index in [1.165, 1.54) is 0 Å². The molecule has 0 saturated heterocycles. The Morgan fingerprint density at radius 3 is 2.31 bits per heavy atom. The number of sulfonamides is 1. The van der Waals surface area contributed by atoms with E-state index in [-0.39, 0.29) is 5.75 Å². The number of para-hydroxylation sites is 1. The Bertz CT molecular complexity index is 833. The maximum absolute atomic E-state index is 12.0. The normalized spacial score (nSPS) is 11.0. The molecule has 0 radical (unpaired) electrons. The molecule has 6 nitrogen and oxygen atoms in total. The molecule has 0 bridgehead atoms. The first-order valence-corrected chi connectivity index (χ1v) is 10.2. The Labute approximate surface area is 154 Å². The smallest absolute Gasteiger partial charge is 0.340 e. The Morgan fingerprint density at radius 2 is 1.65 bits per heavy atom. The number of hydrogen-bond donors (Lipinski definition) is 2. The summed E-state index contributed by atoms with van der Waals surface area (Å²) in [4.78, 5) is 12.0. The molecule has 0 heterocycles. The number of hydrogen-bond acceptors (Lipinski definition) is 5. The van der Waals surface area contributed by atoms with Crippen molar-refractivity contribution in [3.63, 3.8) is 0 Å². The van der Waals surface area contributed by atoms with Gasteiger partial charge in [-0.1, -0.05) is 25.5 Å². The van der Waals surface area contributed by atoms with Gasteiger partial charge in [-0.3, -0.25) is 4.72 Å². The van der Waals surface area contributed by atoms with Crippen LogP contribution in [0.2, 0.25) is 0 Å². The summed E-state index contributed by atoms with van der Waals surface area (Å²) in [5, 5.41) is 3.16. The molecule has 140 valence electrons. The van der Waals surface area contributed by atoms with Crippen LogP contribution in [0.15, 0.2) is 48.5 Å². The fraction of sp³-hybridized carbons (Fsp3) is 0.316. The van der Waals surface area contributed by atoms with E-state index in [9.17, 15) is 13.2 Å². The molecule has 2 rings (SSSR count). The molecule has 0 aromatic heterocycles. The van der Waals surface area contributed by atoms with Crippen LogP contribution in [0.4, 0.5) is 17.1 Å². The van der Waals surface area contributed by atoms with Crippen LogP contribution >= 0.6 is 0 Å². The Morgan fingerprint density at radius 1 is 1.00 bits per heavy atom. The van der Waals surface area contributed by atoms with Crippen LogP contribution in [0.1, 0.15) is 37.0 Å². The molecule has 2 N–H and O–H groups in total. The summed E-state index contributed by atoms with van der Waals surface area (Å²) < 4.78 is 31.5. The zero-order valence-corrected chi connectivity index (χ0v) is 15.8. The average Bonchev–Trinajstić information content (AvgIpc) is 2.62. The molecular formula is C19H24N2O4S. The lowest BCUT2D eigenvalue weighted by atomic mass is 10.1. The van der Waals surface area contributed by atoms with E-state index in [4.69, 9.17) is 4.74 Å². The summed E-state index contributed by atoms with van der Waals surface area (Å²) in [6, 6.07) is 13.9. The number of carbonyl (C=O) groups is 1. The maximum atomic E-state index is 12.0. The van der Waals surface area contributed by atoms with E-state index in [1.54, 1.807) is 49.4 Å². The van der Waals surface area contributed by atoms with Crippen molar-refractivity contribution in [2.24, 2.45) is 0 Å². The molecule has 0 unspecified atom stereocenters. The van der Waals surface area contributed by atoms with E-state index in [0.717, 1.165) is 12.1 Å². The molecule has 26 heavy (non-hydrogen) atoms. The molecule has 0 fully saturated rings. The minimum Gasteiger partial charge on any atom is -0.462 e. The fourth-order valence-electron chi connectivity index (χ4n) is 2.32. The minimum atomic E-state index is -3.32. The molecule has 0 saturated carbocycles. The van der Waals surface area contributed by atoms with E-state index >= 15 is 0 Å². The Balaban J connectivity index is 2.10. The lowest BCUT2D eigenvalue weighted by Gasteiger charge is -2.12. The van der Waals surface area contributed by atoms with Crippen LogP contribution in [-0.2, 0) is 14.8 Å². The van der Waals surface area contributed by atoms with Gasteiger partial charge in [-0.2, -0.15) is 0 Å². The van der Waals surface area contributed by atoms with Gasteiger partial charge < -0.3 is 10.1 Å². The lowest BCUT2D eigenvalue weighted by molar-refractivity contribution is 0.0527. The largest absolute Gasteiger partial charge is 0.462 e. The first-order valence-electron chi connectivity index (χ1n) is 8.59. The van der Waals surface area contributed by atoms with E-state index in [0.29, 0.717) is 30.0 Å². The summed E-state index contributed by atoms with van der Waals surface area (Å²) in [6.07, 6.45) is 1.45. The average molecular weight is 376 g/mol. The molecule has 7 heteroatoms. The number of ether oxygens (including phenoxy) is 1. The zero-order chi connectivity index (χ0) is 19.0. The second-order valence-electron chi connectivity index (χ2n) is 5.74. The topological polar surface area (TPSA) is 84.5 Å². The molecule has 0 amide bonds. The first kappa shape index (κ1) is 19.8. The summed E-state index contributed by atoms with van der Waals surface area (Å²) in [5.74, 6) is -0.285. The van der Waals surface area contributed by atoms with Crippen LogP contribution in [0.5, 0.6) is 0 Å². The van der Waals surface area contributed by atoms with E-state index in [1.807, 2.05) is 13.0 Å². The number of esters is 1. The van der Waals surface area contributed by atoms with Gasteiger partial charge in [0.1, 0.15) is 0 Å². The first-order chi connectivity index (χ1) is 12.4. The van der Waals surface area contributed by atoms with Crippen molar-refractivity contribution in [3.05, 3.63) is 54.1 Å². The van der Waals surface area contributed by atoms with Gasteiger partial charge in [0.2, 0.25) is 10.0 Å². The van der Waals surface area contributed by atoms with Crippen molar-refractivity contribution in [2.75, 3.05) is 22.4 Å². The Hall–Kier alpha value is -2.54. The zero-order valence-electron chi connectivity index (χ0n) is 15.0. The van der Waals surface area contributed by atoms with Gasteiger partial charge >= 0.3 is 5.97 Å². The van der Waals surface area contributed by atoms with Gasteiger partial charge in [0, 0.05) is 11.4 Å². The number of unbranched alkanes of at least 4 members (excludes halogenated alkanes) is 1. The van der Waals surface area contributed by atoms with Crippen molar-refractivity contribution in [1.82, 2.24) is 0 Å². The number of benzene rings is 2. The SMILES string of the molecule is CCCCS(=O)(=O)Nc1ccc(Nc2ccccc2C(=O)OCC)cc1. The highest BCUT2D eigenvalue weighted by Gasteiger charge is 2.12. The molecule has 0 aliphatic heterocycles. The second-order valence-corrected chi connectivity index (χ2v) is 7.58. The summed E-state index contributed by atoms with van der Waals surface area (Å²) in [5.41, 5.74) is 2.31. The highest BCUT2D eigenvalue weighted by atomic mass is 32.2. The highest BCUT2D eigenvalue weighted by Crippen LogP contribution is 2.23. The third-order valence-electron chi connectivity index (χ3n) is 3.63. The third-order valence-corrected chi connectivity index (χ3v) is 5.00. The molecule has 0 spiro atoms. The molecule has 0 atom stereocenters. The number of nitrogens with one attached hydrogen (secondary N) is 2. The molecular weight excluding hydrogens is 352 g/mol.